The molecule has 0 radical (unpaired) electrons. The number of aryl methyl sites for hydroxylation is 2. The van der Waals surface area contributed by atoms with Gasteiger partial charge < -0.3 is 11.5 Å². The third kappa shape index (κ3) is 4.86. The number of nitrogens with two attached hydrogens (primary N) is 2. The largest absolute Gasteiger partial charge is 0.416 e. The van der Waals surface area contributed by atoms with Crippen LogP contribution in [-0.4, -0.2) is 16.1 Å². The number of aromatic nitrogens is 2. The van der Waals surface area contributed by atoms with Gasteiger partial charge in [-0.25, -0.2) is 0 Å². The lowest BCUT2D eigenvalue weighted by atomic mass is 9.98. The summed E-state index contributed by atoms with van der Waals surface area (Å²) in [6.45, 7) is 0. The molecule has 4 N–H and O–H groups in total. The van der Waals surface area contributed by atoms with E-state index in [2.05, 4.69) is 10.2 Å². The van der Waals surface area contributed by atoms with E-state index >= 15 is 0 Å². The molecule has 0 fully saturated rings. The molecule has 1 aromatic heterocycles. The van der Waals surface area contributed by atoms with Crippen LogP contribution in [0.3, 0.4) is 0 Å². The minimum atomic E-state index is -4.89. The van der Waals surface area contributed by atoms with Gasteiger partial charge in [0, 0.05) is 5.39 Å². The predicted molar refractivity (Wildman–Crippen MR) is 101 cm³/mol. The quantitative estimate of drug-likeness (QED) is 0.568. The van der Waals surface area contributed by atoms with Crippen LogP contribution in [0.1, 0.15) is 39.2 Å². The van der Waals surface area contributed by atoms with Gasteiger partial charge in [-0.1, -0.05) is 18.2 Å². The van der Waals surface area contributed by atoms with E-state index in [1.54, 1.807) is 18.2 Å². The van der Waals surface area contributed by atoms with E-state index in [0.29, 0.717) is 22.9 Å². The molecule has 0 unspecified atom stereocenters. The zero-order valence-corrected chi connectivity index (χ0v) is 15.8. The number of hydrogen-bond donors (Lipinski definition) is 2. The lowest BCUT2D eigenvalue weighted by Gasteiger charge is -2.14. The SMILES string of the molecule is NC(=O)c1nnc2c(CCCc3cc(C(F)(F)F)cc(C(F)(F)F)c3)cccc2c1N. The Morgan fingerprint density at radius 2 is 1.52 bits per heavy atom. The van der Waals surface area contributed by atoms with Gasteiger partial charge in [0.2, 0.25) is 0 Å². The molecule has 3 aromatic rings. The Hall–Kier alpha value is -3.37. The van der Waals surface area contributed by atoms with Crippen molar-refractivity contribution in [2.24, 2.45) is 5.73 Å². The first kappa shape index (κ1) is 22.3. The number of halogens is 6. The number of anilines is 1. The highest BCUT2D eigenvalue weighted by atomic mass is 19.4. The highest BCUT2D eigenvalue weighted by Crippen LogP contribution is 2.36. The topological polar surface area (TPSA) is 94.9 Å². The summed E-state index contributed by atoms with van der Waals surface area (Å²) in [5.41, 5.74) is 9.20. The zero-order valence-electron chi connectivity index (χ0n) is 15.8. The van der Waals surface area contributed by atoms with Crippen molar-refractivity contribution >= 4 is 22.5 Å². The van der Waals surface area contributed by atoms with Crippen LogP contribution >= 0.6 is 0 Å². The first-order valence-corrected chi connectivity index (χ1v) is 9.00. The van der Waals surface area contributed by atoms with Crippen molar-refractivity contribution in [2.45, 2.75) is 31.6 Å². The molecule has 0 saturated heterocycles. The predicted octanol–water partition coefficient (Wildman–Crippen LogP) is 4.52. The molecule has 2 aromatic carbocycles. The van der Waals surface area contributed by atoms with E-state index in [0.717, 1.165) is 12.1 Å². The van der Waals surface area contributed by atoms with Gasteiger partial charge in [-0.15, -0.1) is 10.2 Å². The molecule has 1 heterocycles. The molecule has 3 rings (SSSR count). The highest BCUT2D eigenvalue weighted by molar-refractivity contribution is 6.04. The summed E-state index contributed by atoms with van der Waals surface area (Å²) in [5.74, 6) is -0.845. The molecular formula is C20H16F6N4O. The van der Waals surface area contributed by atoms with Crippen LogP contribution in [0.15, 0.2) is 36.4 Å². The third-order valence-corrected chi connectivity index (χ3v) is 4.71. The lowest BCUT2D eigenvalue weighted by Crippen LogP contribution is -2.17. The van der Waals surface area contributed by atoms with E-state index in [-0.39, 0.29) is 35.9 Å². The summed E-state index contributed by atoms with van der Waals surface area (Å²) in [4.78, 5) is 11.4. The number of primary amides is 1. The molecule has 0 bridgehead atoms. The molecular weight excluding hydrogens is 426 g/mol. The first-order valence-electron chi connectivity index (χ1n) is 9.00. The van der Waals surface area contributed by atoms with E-state index in [1.165, 1.54) is 0 Å². The number of carbonyl (C=O) groups is 1. The molecule has 0 aliphatic heterocycles. The highest BCUT2D eigenvalue weighted by Gasteiger charge is 2.36. The van der Waals surface area contributed by atoms with Crippen molar-refractivity contribution < 1.29 is 31.1 Å². The number of rotatable bonds is 5. The summed E-state index contributed by atoms with van der Waals surface area (Å²) in [7, 11) is 0. The van der Waals surface area contributed by atoms with Crippen LogP contribution < -0.4 is 11.5 Å². The molecule has 0 atom stereocenters. The van der Waals surface area contributed by atoms with E-state index in [9.17, 15) is 31.1 Å². The Bertz CT molecular complexity index is 1110. The van der Waals surface area contributed by atoms with Gasteiger partial charge in [0.15, 0.2) is 5.69 Å². The van der Waals surface area contributed by atoms with Crippen molar-refractivity contribution in [1.29, 1.82) is 0 Å². The summed E-state index contributed by atoms with van der Waals surface area (Å²) in [6.07, 6.45) is -9.27. The molecule has 0 aliphatic carbocycles. The number of nitrogens with zero attached hydrogens (tertiary/aromatic N) is 2. The van der Waals surface area contributed by atoms with Gasteiger partial charge in [-0.2, -0.15) is 26.3 Å². The summed E-state index contributed by atoms with van der Waals surface area (Å²) < 4.78 is 78.0. The molecule has 0 saturated carbocycles. The zero-order chi connectivity index (χ0) is 23.0. The number of hydrogen-bond acceptors (Lipinski definition) is 4. The van der Waals surface area contributed by atoms with E-state index in [1.807, 2.05) is 0 Å². The monoisotopic (exact) mass is 442 g/mol. The standard InChI is InChI=1S/C20H16F6N4O/c21-19(22,23)12-7-10(8-13(9-12)20(24,25)26)3-1-4-11-5-2-6-14-15(27)17(18(28)31)30-29-16(11)14/h2,5-9H,1,3-4H2,(H2,27,29)(H2,28,31). The van der Waals surface area contributed by atoms with E-state index in [4.69, 9.17) is 11.5 Å². The Balaban J connectivity index is 1.86. The number of alkyl halides is 6. The number of benzene rings is 2. The van der Waals surface area contributed by atoms with Crippen LogP contribution in [0.25, 0.3) is 10.9 Å². The molecule has 31 heavy (non-hydrogen) atoms. The average molecular weight is 442 g/mol. The fraction of sp³-hybridized carbons (Fsp3) is 0.250. The van der Waals surface area contributed by atoms with Crippen molar-refractivity contribution in [2.75, 3.05) is 5.73 Å². The molecule has 164 valence electrons. The normalized spacial score (nSPS) is 12.3. The number of carbonyl (C=O) groups excluding carboxylic acids is 1. The van der Waals surface area contributed by atoms with Crippen LogP contribution in [0.2, 0.25) is 0 Å². The van der Waals surface area contributed by atoms with Crippen LogP contribution in [0.5, 0.6) is 0 Å². The second-order valence-corrected chi connectivity index (χ2v) is 6.91. The fourth-order valence-corrected chi connectivity index (χ4v) is 3.24. The molecule has 5 nitrogen and oxygen atoms in total. The van der Waals surface area contributed by atoms with Crippen LogP contribution in [0.4, 0.5) is 32.0 Å². The van der Waals surface area contributed by atoms with Crippen molar-refractivity contribution in [3.05, 3.63) is 64.3 Å². The minimum absolute atomic E-state index is 0.0222. The average Bonchev–Trinajstić information content (AvgIpc) is 2.67. The molecule has 0 aliphatic rings. The van der Waals surface area contributed by atoms with Gasteiger partial charge in [0.1, 0.15) is 0 Å². The molecule has 1 amide bonds. The smallest absolute Gasteiger partial charge is 0.396 e. The maximum Gasteiger partial charge on any atom is 0.416 e. The summed E-state index contributed by atoms with van der Waals surface area (Å²) >= 11 is 0. The Morgan fingerprint density at radius 1 is 0.903 bits per heavy atom. The maximum absolute atomic E-state index is 13.0. The molecule has 0 spiro atoms. The van der Waals surface area contributed by atoms with Gasteiger partial charge >= 0.3 is 12.4 Å². The Kier molecular flexibility index (Phi) is 5.79. The first-order chi connectivity index (χ1) is 14.4. The third-order valence-electron chi connectivity index (χ3n) is 4.71. The van der Waals surface area contributed by atoms with Gasteiger partial charge in [-0.05, 0) is 48.6 Å². The Labute approximate surface area is 172 Å². The fourth-order valence-electron chi connectivity index (χ4n) is 3.24. The summed E-state index contributed by atoms with van der Waals surface area (Å²) in [5, 5.41) is 8.09. The van der Waals surface area contributed by atoms with Crippen LogP contribution in [-0.2, 0) is 25.2 Å². The molecule has 11 heteroatoms. The van der Waals surface area contributed by atoms with Crippen molar-refractivity contribution in [3.8, 4) is 0 Å². The van der Waals surface area contributed by atoms with Crippen molar-refractivity contribution in [1.82, 2.24) is 10.2 Å². The van der Waals surface area contributed by atoms with Gasteiger partial charge in [0.25, 0.3) is 5.91 Å². The number of fused-ring (bicyclic) bond motifs is 1. The van der Waals surface area contributed by atoms with E-state index < -0.39 is 29.4 Å². The van der Waals surface area contributed by atoms with Crippen LogP contribution in [0, 0.1) is 0 Å². The maximum atomic E-state index is 13.0. The number of amides is 1. The van der Waals surface area contributed by atoms with Crippen molar-refractivity contribution in [3.63, 3.8) is 0 Å². The Morgan fingerprint density at radius 3 is 2.06 bits per heavy atom. The summed E-state index contributed by atoms with van der Waals surface area (Å²) in [6, 6.07) is 6.48. The van der Waals surface area contributed by atoms with Gasteiger partial charge in [0.05, 0.1) is 22.3 Å². The second kappa shape index (κ2) is 8.05. The second-order valence-electron chi connectivity index (χ2n) is 6.91. The minimum Gasteiger partial charge on any atom is -0.396 e. The number of nitrogen functional groups attached to an aromatic ring is 1. The van der Waals surface area contributed by atoms with Gasteiger partial charge in [-0.3, -0.25) is 4.79 Å². The lowest BCUT2D eigenvalue weighted by molar-refractivity contribution is -0.143.